The summed E-state index contributed by atoms with van der Waals surface area (Å²) in [6.07, 6.45) is 7.49. The van der Waals surface area contributed by atoms with Crippen molar-refractivity contribution >= 4 is 29.5 Å². The van der Waals surface area contributed by atoms with Crippen LogP contribution < -0.4 is 10.4 Å². The fourth-order valence-electron chi connectivity index (χ4n) is 2.55. The van der Waals surface area contributed by atoms with Crippen molar-refractivity contribution in [2.75, 3.05) is 0 Å². The van der Waals surface area contributed by atoms with Crippen LogP contribution in [-0.4, -0.2) is 0 Å². The summed E-state index contributed by atoms with van der Waals surface area (Å²) < 4.78 is 0. The molecule has 0 aliphatic heterocycles. The van der Waals surface area contributed by atoms with Gasteiger partial charge in [0.05, 0.1) is 0 Å². The van der Waals surface area contributed by atoms with E-state index in [0.717, 1.165) is 11.6 Å². The van der Waals surface area contributed by atoms with Gasteiger partial charge in [0.25, 0.3) is 0 Å². The number of benzene rings is 2. The van der Waals surface area contributed by atoms with E-state index in [0.29, 0.717) is 0 Å². The number of hydrogen-bond donors (Lipinski definition) is 0. The smallest absolute Gasteiger partial charge is 0.00337 e. The summed E-state index contributed by atoms with van der Waals surface area (Å²) in [4.78, 5) is 0. The summed E-state index contributed by atoms with van der Waals surface area (Å²) in [6.45, 7) is 18.5. The highest BCUT2D eigenvalue weighted by atomic mass is 14.1. The van der Waals surface area contributed by atoms with Gasteiger partial charge in [-0.2, -0.15) is 0 Å². The minimum atomic E-state index is 1.04. The Balaban J connectivity index is 0.00000102. The molecule has 0 aliphatic carbocycles. The van der Waals surface area contributed by atoms with Gasteiger partial charge in [0.2, 0.25) is 0 Å². The molecule has 0 amide bonds. The first-order valence-electron chi connectivity index (χ1n) is 8.55. The number of hydrogen-bond acceptors (Lipinski definition) is 0. The van der Waals surface area contributed by atoms with Gasteiger partial charge in [-0.25, -0.2) is 0 Å². The van der Waals surface area contributed by atoms with E-state index in [1.165, 1.54) is 27.1 Å². The molecule has 0 heteroatoms. The van der Waals surface area contributed by atoms with Crippen molar-refractivity contribution < 1.29 is 0 Å². The molecule has 0 saturated heterocycles. The molecule has 0 nitrogen and oxygen atoms in total. The third kappa shape index (κ3) is 4.34. The fourth-order valence-corrected chi connectivity index (χ4v) is 2.55. The molecule has 2 aromatic rings. The van der Waals surface area contributed by atoms with Gasteiger partial charge in [0, 0.05) is 0 Å². The molecule has 0 heterocycles. The second kappa shape index (κ2) is 10.8. The first-order valence-corrected chi connectivity index (χ1v) is 8.55. The van der Waals surface area contributed by atoms with Crippen LogP contribution in [0.2, 0.25) is 0 Å². The summed E-state index contributed by atoms with van der Waals surface area (Å²) in [5, 5.41) is 5.07. The van der Waals surface area contributed by atoms with E-state index in [2.05, 4.69) is 69.8 Å². The van der Waals surface area contributed by atoms with E-state index in [9.17, 15) is 0 Å². The van der Waals surface area contributed by atoms with Crippen LogP contribution in [0.5, 0.6) is 0 Å². The molecule has 0 unspecified atom stereocenters. The quantitative estimate of drug-likeness (QED) is 0.667. The Labute approximate surface area is 136 Å². The topological polar surface area (TPSA) is 0 Å². The lowest BCUT2D eigenvalue weighted by Gasteiger charge is -2.09. The van der Waals surface area contributed by atoms with Gasteiger partial charge in [0.15, 0.2) is 0 Å². The predicted molar refractivity (Wildman–Crippen MR) is 106 cm³/mol. The highest BCUT2D eigenvalue weighted by molar-refractivity contribution is 5.94. The van der Waals surface area contributed by atoms with E-state index in [-0.39, 0.29) is 0 Å². The van der Waals surface area contributed by atoms with Gasteiger partial charge < -0.3 is 0 Å². The van der Waals surface area contributed by atoms with Crippen LogP contribution in [0.4, 0.5) is 0 Å². The molecule has 0 radical (unpaired) electrons. The Morgan fingerprint density at radius 1 is 0.909 bits per heavy atom. The van der Waals surface area contributed by atoms with Crippen molar-refractivity contribution in [1.82, 2.24) is 0 Å². The van der Waals surface area contributed by atoms with Crippen molar-refractivity contribution in [2.45, 2.75) is 54.9 Å². The highest BCUT2D eigenvalue weighted by Crippen LogP contribution is 2.19. The zero-order chi connectivity index (χ0) is 17.1. The summed E-state index contributed by atoms with van der Waals surface area (Å²) in [5.74, 6) is 0. The van der Waals surface area contributed by atoms with E-state index < -0.39 is 0 Å². The summed E-state index contributed by atoms with van der Waals surface area (Å²) >= 11 is 0. The molecule has 0 aliphatic rings. The highest BCUT2D eigenvalue weighted by Gasteiger charge is 2.05. The van der Waals surface area contributed by atoms with Gasteiger partial charge >= 0.3 is 0 Å². The maximum absolute atomic E-state index is 4.20. The minimum absolute atomic E-state index is 1.04. The lowest BCUT2D eigenvalue weighted by atomic mass is 9.95. The molecule has 0 bridgehead atoms. The Morgan fingerprint density at radius 2 is 1.55 bits per heavy atom. The maximum atomic E-state index is 4.20. The van der Waals surface area contributed by atoms with Crippen LogP contribution in [0.1, 0.15) is 59.6 Å². The van der Waals surface area contributed by atoms with Crippen LogP contribution in [0, 0.1) is 0 Å². The molecule has 0 aromatic heterocycles. The van der Waals surface area contributed by atoms with Crippen LogP contribution in [-0.2, 0) is 6.42 Å². The van der Waals surface area contributed by atoms with Crippen LogP contribution in [0.25, 0.3) is 29.5 Å². The molecular formula is C22H32. The third-order valence-corrected chi connectivity index (χ3v) is 3.44. The molecule has 0 saturated carbocycles. The zero-order valence-corrected chi connectivity index (χ0v) is 15.5. The summed E-state index contributed by atoms with van der Waals surface area (Å²) in [6, 6.07) is 8.73. The van der Waals surface area contributed by atoms with E-state index >= 15 is 0 Å². The van der Waals surface area contributed by atoms with Crippen molar-refractivity contribution in [3.8, 4) is 0 Å². The van der Waals surface area contributed by atoms with Gasteiger partial charge in [-0.1, -0.05) is 83.7 Å². The SMILES string of the molecule is C=c1cc/c(=C/C)c2c(/C=C\C)ccc(CC)c12.CC.CC. The van der Waals surface area contributed by atoms with Gasteiger partial charge in [0.1, 0.15) is 0 Å². The summed E-state index contributed by atoms with van der Waals surface area (Å²) in [5.41, 5.74) is 2.66. The molecule has 0 spiro atoms. The van der Waals surface area contributed by atoms with E-state index in [4.69, 9.17) is 0 Å². The molecule has 22 heavy (non-hydrogen) atoms. The standard InChI is InChI=1S/C18H20.2C2H6/c1-5-8-16-12-11-14(6-2)17-13(4)9-10-15(7-3)18(16)17;2*1-2/h5,7-12H,4,6H2,1-3H3;2*1-2H3/b8-5-,15-7-;;. The first kappa shape index (κ1) is 20.2. The third-order valence-electron chi connectivity index (χ3n) is 3.44. The monoisotopic (exact) mass is 296 g/mol. The zero-order valence-electron chi connectivity index (χ0n) is 15.5. The van der Waals surface area contributed by atoms with Crippen molar-refractivity contribution in [2.24, 2.45) is 0 Å². The fraction of sp³-hybridized carbons (Fsp3) is 0.364. The van der Waals surface area contributed by atoms with Gasteiger partial charge in [-0.05, 0) is 52.6 Å². The molecule has 0 N–H and O–H groups in total. The molecular weight excluding hydrogens is 264 g/mol. The first-order chi connectivity index (χ1) is 10.7. The van der Waals surface area contributed by atoms with Crippen LogP contribution in [0.15, 0.2) is 30.3 Å². The molecule has 2 rings (SSSR count). The molecule has 0 atom stereocenters. The second-order valence-corrected chi connectivity index (χ2v) is 4.52. The normalized spacial score (nSPS) is 11.0. The number of fused-ring (bicyclic) bond motifs is 1. The van der Waals surface area contributed by atoms with E-state index in [1.54, 1.807) is 0 Å². The van der Waals surface area contributed by atoms with Gasteiger partial charge in [-0.3, -0.25) is 0 Å². The Kier molecular flexibility index (Phi) is 9.95. The van der Waals surface area contributed by atoms with Gasteiger partial charge in [-0.15, -0.1) is 0 Å². The van der Waals surface area contributed by atoms with Crippen molar-refractivity contribution in [3.05, 3.63) is 51.9 Å². The Morgan fingerprint density at radius 3 is 2.05 bits per heavy atom. The van der Waals surface area contributed by atoms with E-state index in [1.807, 2.05) is 27.7 Å². The average molecular weight is 296 g/mol. The Hall–Kier alpha value is -1.82. The predicted octanol–water partition coefficient (Wildman–Crippen LogP) is 5.70. The summed E-state index contributed by atoms with van der Waals surface area (Å²) in [7, 11) is 0. The van der Waals surface area contributed by atoms with Crippen LogP contribution >= 0.6 is 0 Å². The van der Waals surface area contributed by atoms with Crippen LogP contribution in [0.3, 0.4) is 0 Å². The van der Waals surface area contributed by atoms with Crippen molar-refractivity contribution in [1.29, 1.82) is 0 Å². The van der Waals surface area contributed by atoms with Crippen molar-refractivity contribution in [3.63, 3.8) is 0 Å². The number of rotatable bonds is 2. The number of aryl methyl sites for hydroxylation is 1. The maximum Gasteiger partial charge on any atom is -0.00337 e. The lowest BCUT2D eigenvalue weighted by Crippen LogP contribution is -2.12. The second-order valence-electron chi connectivity index (χ2n) is 4.52. The Bertz CT molecular complexity index is 703. The number of allylic oxidation sites excluding steroid dienone is 1. The minimum Gasteiger partial charge on any atom is -0.0911 e. The molecule has 120 valence electrons. The largest absolute Gasteiger partial charge is 0.0911 e. The molecule has 0 fully saturated rings. The molecule has 2 aromatic carbocycles. The average Bonchev–Trinajstić information content (AvgIpc) is 2.59. The lowest BCUT2D eigenvalue weighted by molar-refractivity contribution is 1.16.